The zero-order chi connectivity index (χ0) is 9.90. The van der Waals surface area contributed by atoms with Crippen molar-refractivity contribution in [2.75, 3.05) is 12.8 Å². The van der Waals surface area contributed by atoms with Crippen LogP contribution in [0.25, 0.3) is 0 Å². The molecule has 0 heterocycles. The van der Waals surface area contributed by atoms with Crippen LogP contribution in [-0.2, 0) is 9.84 Å². The van der Waals surface area contributed by atoms with Gasteiger partial charge in [-0.3, -0.25) is 0 Å². The summed E-state index contributed by atoms with van der Waals surface area (Å²) in [6, 6.07) is 0. The first-order chi connectivity index (χ1) is 6.04. The highest BCUT2D eigenvalue weighted by Gasteiger charge is 2.28. The molecule has 0 aromatic carbocycles. The van der Waals surface area contributed by atoms with Crippen LogP contribution in [0.1, 0.15) is 32.1 Å². The van der Waals surface area contributed by atoms with E-state index in [1.807, 2.05) is 0 Å². The number of nitrogens with two attached hydrogens (primary N) is 1. The molecule has 4 heteroatoms. The summed E-state index contributed by atoms with van der Waals surface area (Å²) >= 11 is 0. The molecule has 0 aromatic rings. The van der Waals surface area contributed by atoms with Gasteiger partial charge in [0, 0.05) is 6.26 Å². The van der Waals surface area contributed by atoms with E-state index in [1.54, 1.807) is 0 Å². The third-order valence-corrected chi connectivity index (χ3v) is 4.55. The lowest BCUT2D eigenvalue weighted by Gasteiger charge is -2.27. The molecule has 1 aliphatic rings. The van der Waals surface area contributed by atoms with Gasteiger partial charge >= 0.3 is 0 Å². The van der Waals surface area contributed by atoms with Crippen molar-refractivity contribution in [3.8, 4) is 0 Å². The quantitative estimate of drug-likeness (QED) is 0.746. The van der Waals surface area contributed by atoms with Crippen molar-refractivity contribution in [3.05, 3.63) is 0 Å². The predicted molar refractivity (Wildman–Crippen MR) is 54.3 cm³/mol. The average molecular weight is 205 g/mol. The second-order valence-corrected chi connectivity index (χ2v) is 6.39. The molecule has 0 bridgehead atoms. The molecule has 1 aliphatic carbocycles. The van der Waals surface area contributed by atoms with Crippen LogP contribution in [0.3, 0.4) is 0 Å². The van der Waals surface area contributed by atoms with Crippen molar-refractivity contribution < 1.29 is 8.42 Å². The van der Waals surface area contributed by atoms with Crippen molar-refractivity contribution in [2.45, 2.75) is 37.4 Å². The number of hydrogen-bond acceptors (Lipinski definition) is 3. The maximum absolute atomic E-state index is 11.3. The van der Waals surface area contributed by atoms with Gasteiger partial charge in [0.25, 0.3) is 0 Å². The van der Waals surface area contributed by atoms with Crippen molar-refractivity contribution in [3.63, 3.8) is 0 Å². The maximum Gasteiger partial charge on any atom is 0.150 e. The summed E-state index contributed by atoms with van der Waals surface area (Å²) in [5.41, 5.74) is 5.46. The Kier molecular flexibility index (Phi) is 3.74. The Morgan fingerprint density at radius 2 is 2.08 bits per heavy atom. The zero-order valence-corrected chi connectivity index (χ0v) is 9.02. The van der Waals surface area contributed by atoms with Gasteiger partial charge in [-0.25, -0.2) is 8.42 Å². The van der Waals surface area contributed by atoms with Crippen molar-refractivity contribution in [1.82, 2.24) is 0 Å². The predicted octanol–water partition coefficient (Wildman–Crippen LogP) is 0.939. The fourth-order valence-electron chi connectivity index (χ4n) is 2.13. The number of rotatable bonds is 3. The molecule has 3 nitrogen and oxygen atoms in total. The fourth-order valence-corrected chi connectivity index (χ4v) is 3.35. The van der Waals surface area contributed by atoms with Crippen LogP contribution in [0.4, 0.5) is 0 Å². The van der Waals surface area contributed by atoms with Gasteiger partial charge in [0.1, 0.15) is 9.84 Å². The molecule has 0 spiro atoms. The SMILES string of the molecule is CS(=O)(=O)C1CCCC(CCN)C1. The Labute approximate surface area is 80.6 Å². The Hall–Kier alpha value is -0.0900. The largest absolute Gasteiger partial charge is 0.330 e. The standard InChI is InChI=1S/C9H19NO2S/c1-13(11,12)9-4-2-3-8(7-9)5-6-10/h8-9H,2-7,10H2,1H3. The van der Waals surface area contributed by atoms with E-state index in [0.29, 0.717) is 12.5 Å². The molecule has 2 N–H and O–H groups in total. The Bertz CT molecular complexity index is 246. The molecule has 1 rings (SSSR count). The molecule has 0 aliphatic heterocycles. The van der Waals surface area contributed by atoms with Crippen LogP contribution in [0, 0.1) is 5.92 Å². The van der Waals surface area contributed by atoms with E-state index in [-0.39, 0.29) is 5.25 Å². The van der Waals surface area contributed by atoms with Gasteiger partial charge in [-0.1, -0.05) is 12.8 Å². The van der Waals surface area contributed by atoms with Crippen LogP contribution < -0.4 is 5.73 Å². The lowest BCUT2D eigenvalue weighted by molar-refractivity contribution is 0.342. The summed E-state index contributed by atoms with van der Waals surface area (Å²) in [6.45, 7) is 0.682. The zero-order valence-electron chi connectivity index (χ0n) is 8.20. The number of hydrogen-bond donors (Lipinski definition) is 1. The molecular formula is C9H19NO2S. The highest BCUT2D eigenvalue weighted by Crippen LogP contribution is 2.29. The molecule has 0 amide bonds. The summed E-state index contributed by atoms with van der Waals surface area (Å²) < 4.78 is 22.6. The summed E-state index contributed by atoms with van der Waals surface area (Å²) in [4.78, 5) is 0. The maximum atomic E-state index is 11.3. The van der Waals surface area contributed by atoms with E-state index >= 15 is 0 Å². The smallest absolute Gasteiger partial charge is 0.150 e. The first kappa shape index (κ1) is 11.0. The molecule has 2 unspecified atom stereocenters. The molecule has 1 fully saturated rings. The Morgan fingerprint density at radius 3 is 2.62 bits per heavy atom. The summed E-state index contributed by atoms with van der Waals surface area (Å²) in [5, 5.41) is -0.0993. The molecule has 0 radical (unpaired) electrons. The first-order valence-corrected chi connectivity index (χ1v) is 6.88. The molecule has 0 aromatic heterocycles. The molecule has 78 valence electrons. The van der Waals surface area contributed by atoms with Crippen LogP contribution in [0.2, 0.25) is 0 Å². The third-order valence-electron chi connectivity index (χ3n) is 2.92. The second kappa shape index (κ2) is 4.42. The van der Waals surface area contributed by atoms with Gasteiger partial charge in [-0.2, -0.15) is 0 Å². The third kappa shape index (κ3) is 3.27. The van der Waals surface area contributed by atoms with E-state index in [1.165, 1.54) is 6.26 Å². The summed E-state index contributed by atoms with van der Waals surface area (Å²) in [5.74, 6) is 0.540. The molecule has 1 saturated carbocycles. The van der Waals surface area contributed by atoms with E-state index in [4.69, 9.17) is 5.73 Å². The normalized spacial score (nSPS) is 30.3. The minimum atomic E-state index is -2.82. The molecule has 2 atom stereocenters. The van der Waals surface area contributed by atoms with Crippen LogP contribution in [0.5, 0.6) is 0 Å². The first-order valence-electron chi connectivity index (χ1n) is 4.93. The fraction of sp³-hybridized carbons (Fsp3) is 1.00. The average Bonchev–Trinajstić information content (AvgIpc) is 2.04. The van der Waals surface area contributed by atoms with Gasteiger partial charge < -0.3 is 5.73 Å². The van der Waals surface area contributed by atoms with Gasteiger partial charge in [0.2, 0.25) is 0 Å². The monoisotopic (exact) mass is 205 g/mol. The van der Waals surface area contributed by atoms with Gasteiger partial charge in [-0.15, -0.1) is 0 Å². The minimum Gasteiger partial charge on any atom is -0.330 e. The van der Waals surface area contributed by atoms with E-state index in [0.717, 1.165) is 32.1 Å². The lowest BCUT2D eigenvalue weighted by Crippen LogP contribution is -2.28. The van der Waals surface area contributed by atoms with Crippen LogP contribution >= 0.6 is 0 Å². The van der Waals surface area contributed by atoms with Gasteiger partial charge in [0.15, 0.2) is 0 Å². The lowest BCUT2D eigenvalue weighted by atomic mass is 9.87. The summed E-state index contributed by atoms with van der Waals surface area (Å²) in [6.07, 6.45) is 6.20. The van der Waals surface area contributed by atoms with Gasteiger partial charge in [-0.05, 0) is 31.7 Å². The van der Waals surface area contributed by atoms with Crippen LogP contribution in [0.15, 0.2) is 0 Å². The van der Waals surface area contributed by atoms with E-state index in [2.05, 4.69) is 0 Å². The van der Waals surface area contributed by atoms with Gasteiger partial charge in [0.05, 0.1) is 5.25 Å². The highest BCUT2D eigenvalue weighted by atomic mass is 32.2. The highest BCUT2D eigenvalue weighted by molar-refractivity contribution is 7.91. The van der Waals surface area contributed by atoms with E-state index in [9.17, 15) is 8.42 Å². The van der Waals surface area contributed by atoms with E-state index < -0.39 is 9.84 Å². The van der Waals surface area contributed by atoms with Crippen LogP contribution in [-0.4, -0.2) is 26.5 Å². The number of sulfone groups is 1. The Morgan fingerprint density at radius 1 is 1.38 bits per heavy atom. The van der Waals surface area contributed by atoms with Crippen molar-refractivity contribution >= 4 is 9.84 Å². The minimum absolute atomic E-state index is 0.0993. The second-order valence-electron chi connectivity index (χ2n) is 4.06. The summed E-state index contributed by atoms with van der Waals surface area (Å²) in [7, 11) is -2.82. The Balaban J connectivity index is 2.52. The molecule has 0 saturated heterocycles. The topological polar surface area (TPSA) is 60.2 Å². The molecular weight excluding hydrogens is 186 g/mol. The van der Waals surface area contributed by atoms with Crippen molar-refractivity contribution in [2.24, 2.45) is 11.7 Å². The van der Waals surface area contributed by atoms with Crippen molar-refractivity contribution in [1.29, 1.82) is 0 Å². The molecule has 13 heavy (non-hydrogen) atoms.